The van der Waals surface area contributed by atoms with Crippen molar-refractivity contribution < 1.29 is 33.6 Å². The minimum absolute atomic E-state index is 0.00579. The first-order valence-electron chi connectivity index (χ1n) is 8.90. The Labute approximate surface area is 144 Å². The molecule has 0 amide bonds. The normalized spacial score (nSPS) is 60.9. The van der Waals surface area contributed by atoms with E-state index < -0.39 is 40.7 Å². The van der Waals surface area contributed by atoms with E-state index in [4.69, 9.17) is 18.9 Å². The lowest BCUT2D eigenvalue weighted by Gasteiger charge is -2.52. The van der Waals surface area contributed by atoms with E-state index in [0.717, 1.165) is 5.57 Å². The second kappa shape index (κ2) is 3.80. The SMILES string of the molecule is C[C@@H](O)[C@H]1OC(=O)C=C2[C@@]13O[C@@H]3[C@H]1OC(=O)[C@@]3(C)[C@H]4O[C@H]4C[C@@]2(C)[C@@H]13. The van der Waals surface area contributed by atoms with Gasteiger partial charge in [-0.25, -0.2) is 4.79 Å². The van der Waals surface area contributed by atoms with Crippen LogP contribution in [-0.4, -0.2) is 59.3 Å². The van der Waals surface area contributed by atoms with E-state index in [2.05, 4.69) is 6.92 Å². The fourth-order valence-corrected chi connectivity index (χ4v) is 6.62. The van der Waals surface area contributed by atoms with Gasteiger partial charge in [-0.2, -0.15) is 0 Å². The predicted molar refractivity (Wildman–Crippen MR) is 80.1 cm³/mol. The van der Waals surface area contributed by atoms with Crippen LogP contribution in [0.5, 0.6) is 0 Å². The molecule has 6 aliphatic rings. The molecular formula is C18H20O7. The van der Waals surface area contributed by atoms with Crippen molar-refractivity contribution in [1.82, 2.24) is 0 Å². The van der Waals surface area contributed by atoms with E-state index in [1.807, 2.05) is 6.92 Å². The van der Waals surface area contributed by atoms with E-state index in [0.29, 0.717) is 6.42 Å². The van der Waals surface area contributed by atoms with Crippen molar-refractivity contribution in [2.24, 2.45) is 16.7 Å². The molecule has 25 heavy (non-hydrogen) atoms. The lowest BCUT2D eigenvalue weighted by molar-refractivity contribution is -0.158. The van der Waals surface area contributed by atoms with Crippen LogP contribution in [0.3, 0.4) is 0 Å². The molecule has 0 unspecified atom stereocenters. The third-order valence-corrected chi connectivity index (χ3v) is 7.53. The average Bonchev–Trinajstić information content (AvgIpc) is 3.41. The maximum Gasteiger partial charge on any atom is 0.331 e. The Bertz CT molecular complexity index is 773. The average molecular weight is 348 g/mol. The van der Waals surface area contributed by atoms with Gasteiger partial charge >= 0.3 is 11.9 Å². The number of hydrogen-bond acceptors (Lipinski definition) is 7. The third kappa shape index (κ3) is 1.33. The van der Waals surface area contributed by atoms with E-state index in [-0.39, 0.29) is 30.2 Å². The molecule has 2 aliphatic carbocycles. The van der Waals surface area contributed by atoms with Crippen molar-refractivity contribution in [2.45, 2.75) is 69.4 Å². The summed E-state index contributed by atoms with van der Waals surface area (Å²) in [4.78, 5) is 25.0. The molecule has 4 aliphatic heterocycles. The van der Waals surface area contributed by atoms with Crippen LogP contribution >= 0.6 is 0 Å². The third-order valence-electron chi connectivity index (χ3n) is 7.53. The molecule has 5 fully saturated rings. The number of esters is 2. The molecule has 7 heteroatoms. The topological polar surface area (TPSA) is 97.9 Å². The molecule has 6 rings (SSSR count). The number of epoxide rings is 2. The predicted octanol–water partition coefficient (Wildman–Crippen LogP) is 0.0955. The van der Waals surface area contributed by atoms with Gasteiger partial charge in [0, 0.05) is 17.4 Å². The van der Waals surface area contributed by atoms with Gasteiger partial charge in [0.25, 0.3) is 0 Å². The van der Waals surface area contributed by atoms with E-state index in [1.165, 1.54) is 6.08 Å². The fraction of sp³-hybridized carbons (Fsp3) is 0.778. The molecule has 3 saturated heterocycles. The molecule has 134 valence electrons. The van der Waals surface area contributed by atoms with Crippen LogP contribution in [0.15, 0.2) is 11.6 Å². The molecule has 2 saturated carbocycles. The monoisotopic (exact) mass is 348 g/mol. The molecule has 10 atom stereocenters. The van der Waals surface area contributed by atoms with Crippen LogP contribution < -0.4 is 0 Å². The minimum Gasteiger partial charge on any atom is -0.459 e. The second-order valence-corrected chi connectivity index (χ2v) is 8.83. The van der Waals surface area contributed by atoms with Gasteiger partial charge < -0.3 is 24.1 Å². The Morgan fingerprint density at radius 2 is 2.00 bits per heavy atom. The van der Waals surface area contributed by atoms with Gasteiger partial charge in [0.1, 0.15) is 23.7 Å². The standard InChI is InChI=1S/C18H20O7/c1-6(19)12-18-8(4-9(20)23-12)16(2)5-7-13(22-7)17(3)11(16)10(14(18)25-18)24-15(17)21/h4,6-7,10-14,19H,5H2,1-3H3/t6-,7+,10+,11-,12-,13+,14-,16-,17-,18-/m1/s1. The summed E-state index contributed by atoms with van der Waals surface area (Å²) in [6.45, 7) is 5.59. The highest BCUT2D eigenvalue weighted by Crippen LogP contribution is 2.75. The Balaban J connectivity index is 1.58. The zero-order chi connectivity index (χ0) is 17.5. The summed E-state index contributed by atoms with van der Waals surface area (Å²) in [5.74, 6) is -0.818. The highest BCUT2D eigenvalue weighted by Gasteiger charge is 2.86. The van der Waals surface area contributed by atoms with Gasteiger partial charge in [0.2, 0.25) is 0 Å². The summed E-state index contributed by atoms with van der Waals surface area (Å²) in [7, 11) is 0. The summed E-state index contributed by atoms with van der Waals surface area (Å²) in [6, 6.07) is 0. The van der Waals surface area contributed by atoms with E-state index in [9.17, 15) is 14.7 Å². The lowest BCUT2D eigenvalue weighted by Crippen LogP contribution is -2.62. The summed E-state index contributed by atoms with van der Waals surface area (Å²) in [5.41, 5.74) is -1.23. The molecule has 0 aromatic heterocycles. The van der Waals surface area contributed by atoms with Crippen LogP contribution in [0.4, 0.5) is 0 Å². The first kappa shape index (κ1) is 14.7. The molecule has 0 bridgehead atoms. The maximum absolute atomic E-state index is 12.8. The van der Waals surface area contributed by atoms with E-state index >= 15 is 0 Å². The number of ether oxygens (including phenoxy) is 4. The van der Waals surface area contributed by atoms with Crippen LogP contribution in [0.2, 0.25) is 0 Å². The first-order chi connectivity index (χ1) is 11.7. The van der Waals surface area contributed by atoms with Gasteiger partial charge in [-0.05, 0) is 25.8 Å². The summed E-state index contributed by atoms with van der Waals surface area (Å²) < 4.78 is 23.2. The van der Waals surface area contributed by atoms with Gasteiger partial charge in [-0.15, -0.1) is 0 Å². The minimum atomic E-state index is -0.884. The van der Waals surface area contributed by atoms with E-state index in [1.54, 1.807) is 6.92 Å². The first-order valence-corrected chi connectivity index (χ1v) is 8.90. The van der Waals surface area contributed by atoms with Crippen molar-refractivity contribution in [3.8, 4) is 0 Å². The Morgan fingerprint density at radius 3 is 2.72 bits per heavy atom. The number of aliphatic hydroxyl groups is 1. The number of cyclic esters (lactones) is 1. The fourth-order valence-electron chi connectivity index (χ4n) is 6.62. The van der Waals surface area contributed by atoms with Gasteiger partial charge in [0.05, 0.1) is 12.2 Å². The molecule has 1 spiro atoms. The van der Waals surface area contributed by atoms with Crippen LogP contribution in [0.1, 0.15) is 27.2 Å². The lowest BCUT2D eigenvalue weighted by atomic mass is 9.47. The molecular weight excluding hydrogens is 328 g/mol. The maximum atomic E-state index is 12.8. The van der Waals surface area contributed by atoms with Crippen LogP contribution in [-0.2, 0) is 28.5 Å². The van der Waals surface area contributed by atoms with Gasteiger partial charge in [0.15, 0.2) is 11.7 Å². The number of hydrogen-bond donors (Lipinski definition) is 1. The summed E-state index contributed by atoms with van der Waals surface area (Å²) in [6.07, 6.45) is -0.337. The smallest absolute Gasteiger partial charge is 0.331 e. The number of carbonyl (C=O) groups is 2. The number of aliphatic hydroxyl groups excluding tert-OH is 1. The molecule has 0 radical (unpaired) electrons. The van der Waals surface area contributed by atoms with Crippen molar-refractivity contribution in [1.29, 1.82) is 0 Å². The Morgan fingerprint density at radius 1 is 1.24 bits per heavy atom. The molecule has 0 aromatic carbocycles. The van der Waals surface area contributed by atoms with Crippen molar-refractivity contribution in [2.75, 3.05) is 0 Å². The molecule has 1 N–H and O–H groups in total. The molecule has 4 heterocycles. The second-order valence-electron chi connectivity index (χ2n) is 8.83. The number of fused-ring (bicyclic) bond motifs is 4. The van der Waals surface area contributed by atoms with Crippen molar-refractivity contribution >= 4 is 11.9 Å². The Kier molecular flexibility index (Phi) is 2.23. The molecule has 7 nitrogen and oxygen atoms in total. The molecule has 0 aromatic rings. The van der Waals surface area contributed by atoms with Crippen LogP contribution in [0.25, 0.3) is 0 Å². The summed E-state index contributed by atoms with van der Waals surface area (Å²) in [5, 5.41) is 10.2. The highest BCUT2D eigenvalue weighted by atomic mass is 16.7. The largest absolute Gasteiger partial charge is 0.459 e. The van der Waals surface area contributed by atoms with Crippen molar-refractivity contribution in [3.63, 3.8) is 0 Å². The number of carbonyl (C=O) groups excluding carboxylic acids is 2. The zero-order valence-corrected chi connectivity index (χ0v) is 14.2. The Hall–Kier alpha value is -1.44. The van der Waals surface area contributed by atoms with Gasteiger partial charge in [-0.3, -0.25) is 4.79 Å². The summed E-state index contributed by atoms with van der Waals surface area (Å²) >= 11 is 0. The quantitative estimate of drug-likeness (QED) is 0.530. The number of rotatable bonds is 1. The highest BCUT2D eigenvalue weighted by molar-refractivity contribution is 5.87. The zero-order valence-electron chi connectivity index (χ0n) is 14.2. The van der Waals surface area contributed by atoms with Gasteiger partial charge in [-0.1, -0.05) is 6.92 Å². The van der Waals surface area contributed by atoms with Crippen molar-refractivity contribution in [3.05, 3.63) is 11.6 Å². The van der Waals surface area contributed by atoms with Crippen LogP contribution in [0, 0.1) is 16.7 Å².